The normalized spacial score (nSPS) is 14.7. The molecule has 1 unspecified atom stereocenters. The van der Waals surface area contributed by atoms with E-state index in [-0.39, 0.29) is 5.92 Å². The number of aryl methyl sites for hydroxylation is 1. The molecule has 36 heavy (non-hydrogen) atoms. The number of hydrogen-bond acceptors (Lipinski definition) is 1. The number of fused-ring (bicyclic) bond motifs is 3. The van der Waals surface area contributed by atoms with Gasteiger partial charge in [0.25, 0.3) is 0 Å². The van der Waals surface area contributed by atoms with Crippen LogP contribution in [-0.4, -0.2) is 5.71 Å². The van der Waals surface area contributed by atoms with Crippen molar-refractivity contribution in [3.05, 3.63) is 150 Å². The standard InChI is InChI=1S/C35H25N/c1-23-19-21-25(22-20-23)32-26-13-5-7-15-28(26)34(29-16-8-6-14-27(29)32)35-33(24-11-3-2-4-12-24)30-17-9-10-18-31(30)36-35/h2-22,33H,1H3. The van der Waals surface area contributed by atoms with Gasteiger partial charge in [-0.3, -0.25) is 4.99 Å². The second kappa shape index (κ2) is 8.32. The second-order valence-corrected chi connectivity index (χ2v) is 9.61. The van der Waals surface area contributed by atoms with Crippen LogP contribution in [0.1, 0.15) is 28.2 Å². The number of para-hydroxylation sites is 1. The smallest absolute Gasteiger partial charge is 0.0675 e. The summed E-state index contributed by atoms with van der Waals surface area (Å²) in [5, 5.41) is 5.03. The summed E-state index contributed by atoms with van der Waals surface area (Å²) in [6.07, 6.45) is 0. The molecule has 1 heterocycles. The van der Waals surface area contributed by atoms with E-state index in [1.54, 1.807) is 0 Å². The van der Waals surface area contributed by atoms with Crippen LogP contribution in [0.2, 0.25) is 0 Å². The molecule has 0 bridgehead atoms. The van der Waals surface area contributed by atoms with Gasteiger partial charge >= 0.3 is 0 Å². The van der Waals surface area contributed by atoms with Gasteiger partial charge in [-0.2, -0.15) is 0 Å². The monoisotopic (exact) mass is 459 g/mol. The first-order chi connectivity index (χ1) is 17.8. The van der Waals surface area contributed by atoms with Crippen LogP contribution in [-0.2, 0) is 0 Å². The third-order valence-corrected chi connectivity index (χ3v) is 7.42. The van der Waals surface area contributed by atoms with E-state index in [9.17, 15) is 0 Å². The molecule has 1 atom stereocenters. The Balaban J connectivity index is 1.59. The van der Waals surface area contributed by atoms with Gasteiger partial charge in [0.05, 0.1) is 17.3 Å². The van der Waals surface area contributed by atoms with Crippen molar-refractivity contribution < 1.29 is 0 Å². The molecule has 170 valence electrons. The van der Waals surface area contributed by atoms with Crippen LogP contribution < -0.4 is 0 Å². The summed E-state index contributed by atoms with van der Waals surface area (Å²) in [5.41, 5.74) is 9.79. The largest absolute Gasteiger partial charge is 0.251 e. The molecule has 0 spiro atoms. The maximum Gasteiger partial charge on any atom is 0.0675 e. The van der Waals surface area contributed by atoms with Gasteiger partial charge in [-0.05, 0) is 56.8 Å². The zero-order chi connectivity index (χ0) is 24.1. The first-order valence-electron chi connectivity index (χ1n) is 12.5. The lowest BCUT2D eigenvalue weighted by Crippen LogP contribution is -2.13. The minimum absolute atomic E-state index is 0.0967. The molecule has 1 nitrogen and oxygen atoms in total. The molecule has 1 aliphatic heterocycles. The van der Waals surface area contributed by atoms with Crippen LogP contribution >= 0.6 is 0 Å². The molecule has 6 aromatic carbocycles. The fourth-order valence-corrected chi connectivity index (χ4v) is 5.79. The van der Waals surface area contributed by atoms with Crippen molar-refractivity contribution in [2.45, 2.75) is 12.8 Å². The van der Waals surface area contributed by atoms with Gasteiger partial charge in [-0.25, -0.2) is 0 Å². The van der Waals surface area contributed by atoms with Crippen molar-refractivity contribution in [2.75, 3.05) is 0 Å². The lowest BCUT2D eigenvalue weighted by molar-refractivity contribution is 1.12. The molecule has 0 amide bonds. The molecule has 0 N–H and O–H groups in total. The number of rotatable bonds is 3. The summed E-state index contributed by atoms with van der Waals surface area (Å²) in [7, 11) is 0. The molecule has 0 saturated carbocycles. The molecule has 6 aromatic rings. The summed E-state index contributed by atoms with van der Waals surface area (Å²) < 4.78 is 0. The second-order valence-electron chi connectivity index (χ2n) is 9.61. The highest BCUT2D eigenvalue weighted by Gasteiger charge is 2.32. The quantitative estimate of drug-likeness (QED) is 0.234. The van der Waals surface area contributed by atoms with Crippen LogP contribution in [0.4, 0.5) is 5.69 Å². The van der Waals surface area contributed by atoms with Crippen LogP contribution in [0.25, 0.3) is 32.7 Å². The van der Waals surface area contributed by atoms with Crippen molar-refractivity contribution in [1.29, 1.82) is 0 Å². The third-order valence-electron chi connectivity index (χ3n) is 7.42. The first kappa shape index (κ1) is 20.8. The Bertz CT molecular complexity index is 1720. The first-order valence-corrected chi connectivity index (χ1v) is 12.5. The van der Waals surface area contributed by atoms with E-state index in [1.807, 2.05) is 0 Å². The fourth-order valence-electron chi connectivity index (χ4n) is 5.79. The van der Waals surface area contributed by atoms with Crippen molar-refractivity contribution >= 4 is 32.9 Å². The van der Waals surface area contributed by atoms with E-state index in [0.717, 1.165) is 11.4 Å². The number of aliphatic imine (C=N–C) groups is 1. The average Bonchev–Trinajstić information content (AvgIpc) is 3.32. The van der Waals surface area contributed by atoms with Crippen molar-refractivity contribution in [1.82, 2.24) is 0 Å². The highest BCUT2D eigenvalue weighted by atomic mass is 14.8. The Labute approximate surface area is 211 Å². The summed E-state index contributed by atoms with van der Waals surface area (Å²) in [5.74, 6) is 0.0967. The highest BCUT2D eigenvalue weighted by molar-refractivity contribution is 6.29. The van der Waals surface area contributed by atoms with Gasteiger partial charge in [0, 0.05) is 5.56 Å². The predicted molar refractivity (Wildman–Crippen MR) is 153 cm³/mol. The van der Waals surface area contributed by atoms with E-state index in [4.69, 9.17) is 4.99 Å². The van der Waals surface area contributed by atoms with Crippen LogP contribution in [0.15, 0.2) is 132 Å². The van der Waals surface area contributed by atoms with Crippen molar-refractivity contribution in [3.63, 3.8) is 0 Å². The lowest BCUT2D eigenvalue weighted by atomic mass is 9.80. The summed E-state index contributed by atoms with van der Waals surface area (Å²) >= 11 is 0. The van der Waals surface area contributed by atoms with Crippen LogP contribution in [0, 0.1) is 6.92 Å². The molecule has 7 rings (SSSR count). The zero-order valence-electron chi connectivity index (χ0n) is 20.1. The zero-order valence-corrected chi connectivity index (χ0v) is 20.1. The average molecular weight is 460 g/mol. The van der Waals surface area contributed by atoms with Gasteiger partial charge in [0.1, 0.15) is 0 Å². The molecule has 1 aliphatic rings. The Hall–Kier alpha value is -4.49. The maximum atomic E-state index is 5.31. The van der Waals surface area contributed by atoms with Gasteiger partial charge in [0.15, 0.2) is 0 Å². The van der Waals surface area contributed by atoms with Crippen LogP contribution in [0.5, 0.6) is 0 Å². The topological polar surface area (TPSA) is 12.4 Å². The van der Waals surface area contributed by atoms with Crippen LogP contribution in [0.3, 0.4) is 0 Å². The molecular formula is C35H25N. The van der Waals surface area contributed by atoms with Gasteiger partial charge in [-0.15, -0.1) is 0 Å². The lowest BCUT2D eigenvalue weighted by Gasteiger charge is -2.21. The molecule has 0 fully saturated rings. The van der Waals surface area contributed by atoms with E-state index in [0.29, 0.717) is 0 Å². The Kier molecular flexibility index (Phi) is 4.82. The van der Waals surface area contributed by atoms with E-state index in [2.05, 4.69) is 134 Å². The Morgan fingerprint density at radius 3 is 1.67 bits per heavy atom. The molecular weight excluding hydrogens is 434 g/mol. The summed E-state index contributed by atoms with van der Waals surface area (Å²) in [6, 6.07) is 46.0. The van der Waals surface area contributed by atoms with Gasteiger partial charge in [0.2, 0.25) is 0 Å². The predicted octanol–water partition coefficient (Wildman–Crippen LogP) is 9.23. The third kappa shape index (κ3) is 3.21. The number of nitrogens with zero attached hydrogens (tertiary/aromatic N) is 1. The van der Waals surface area contributed by atoms with E-state index < -0.39 is 0 Å². The highest BCUT2D eigenvalue weighted by Crippen LogP contribution is 2.46. The molecule has 0 aliphatic carbocycles. The van der Waals surface area contributed by atoms with E-state index in [1.165, 1.54) is 54.9 Å². The summed E-state index contributed by atoms with van der Waals surface area (Å²) in [4.78, 5) is 5.31. The Morgan fingerprint density at radius 1 is 0.500 bits per heavy atom. The maximum absolute atomic E-state index is 5.31. The van der Waals surface area contributed by atoms with E-state index >= 15 is 0 Å². The Morgan fingerprint density at radius 2 is 1.03 bits per heavy atom. The molecule has 1 heteroatoms. The van der Waals surface area contributed by atoms with Gasteiger partial charge in [-0.1, -0.05) is 127 Å². The van der Waals surface area contributed by atoms with Crippen molar-refractivity contribution in [3.8, 4) is 11.1 Å². The minimum Gasteiger partial charge on any atom is -0.251 e. The van der Waals surface area contributed by atoms with Gasteiger partial charge < -0.3 is 0 Å². The molecule has 0 radical (unpaired) electrons. The fraction of sp³-hybridized carbons (Fsp3) is 0.0571. The molecule has 0 aromatic heterocycles. The summed E-state index contributed by atoms with van der Waals surface area (Å²) in [6.45, 7) is 2.14. The number of benzene rings is 6. The van der Waals surface area contributed by atoms with Crippen molar-refractivity contribution in [2.24, 2.45) is 4.99 Å². The SMILES string of the molecule is Cc1ccc(-c2c3ccccc3c(C3=Nc4ccccc4C3c3ccccc3)c3ccccc23)cc1. The molecule has 0 saturated heterocycles. The number of hydrogen-bond donors (Lipinski definition) is 0. The minimum atomic E-state index is 0.0967.